The summed E-state index contributed by atoms with van der Waals surface area (Å²) in [4.78, 5) is 10.6. The molecule has 148 valence electrons. The first-order valence-corrected chi connectivity index (χ1v) is 10.2. The van der Waals surface area contributed by atoms with E-state index in [9.17, 15) is 4.79 Å². The molecule has 0 bridgehead atoms. The number of esters is 1. The molecule has 0 saturated heterocycles. The molecule has 0 radical (unpaired) electrons. The normalized spacial score (nSPS) is 11.5. The summed E-state index contributed by atoms with van der Waals surface area (Å²) in [6.07, 6.45) is 9.64. The van der Waals surface area contributed by atoms with Crippen LogP contribution in [0.15, 0.2) is 24.3 Å². The van der Waals surface area contributed by atoms with Crippen molar-refractivity contribution in [1.82, 2.24) is 0 Å². The number of unbranched alkanes of at least 4 members (excludes halogenated alkanes) is 7. The molecule has 1 aromatic rings. The molecule has 0 aliphatic rings. The van der Waals surface area contributed by atoms with E-state index in [0.29, 0.717) is 13.2 Å². The van der Waals surface area contributed by atoms with Crippen LogP contribution < -0.4 is 0 Å². The zero-order valence-electron chi connectivity index (χ0n) is 17.3. The molecular formula is C23H38O3. The number of benzene rings is 1. The predicted molar refractivity (Wildman–Crippen MR) is 108 cm³/mol. The molecule has 0 saturated carbocycles. The van der Waals surface area contributed by atoms with Gasteiger partial charge in [-0.05, 0) is 29.4 Å². The van der Waals surface area contributed by atoms with Crippen LogP contribution in [0.5, 0.6) is 0 Å². The van der Waals surface area contributed by atoms with Crippen LogP contribution in [0.4, 0.5) is 0 Å². The van der Waals surface area contributed by atoms with Gasteiger partial charge in [0.2, 0.25) is 0 Å². The van der Waals surface area contributed by atoms with Gasteiger partial charge in [0.15, 0.2) is 0 Å². The van der Waals surface area contributed by atoms with E-state index in [-0.39, 0.29) is 11.4 Å². The molecule has 0 fully saturated rings. The second-order valence-electron chi connectivity index (χ2n) is 8.17. The van der Waals surface area contributed by atoms with Crippen molar-refractivity contribution >= 4 is 5.97 Å². The third kappa shape index (κ3) is 11.3. The zero-order valence-corrected chi connectivity index (χ0v) is 17.3. The molecule has 1 aromatic carbocycles. The van der Waals surface area contributed by atoms with Gasteiger partial charge < -0.3 is 9.47 Å². The highest BCUT2D eigenvalue weighted by atomic mass is 16.5. The molecule has 0 amide bonds. The number of hydrogen-bond acceptors (Lipinski definition) is 3. The van der Waals surface area contributed by atoms with Crippen LogP contribution in [0.1, 0.15) is 90.2 Å². The number of hydrogen-bond donors (Lipinski definition) is 0. The van der Waals surface area contributed by atoms with Gasteiger partial charge in [0.1, 0.15) is 0 Å². The smallest absolute Gasteiger partial charge is 0.302 e. The maximum absolute atomic E-state index is 10.6. The van der Waals surface area contributed by atoms with Crippen LogP contribution >= 0.6 is 0 Å². The molecule has 0 aliphatic carbocycles. The minimum absolute atomic E-state index is 0.172. The molecule has 3 heteroatoms. The fourth-order valence-corrected chi connectivity index (χ4v) is 2.87. The molecule has 0 N–H and O–H groups in total. The number of rotatable bonds is 13. The molecule has 0 heterocycles. The average molecular weight is 363 g/mol. The highest BCUT2D eigenvalue weighted by Gasteiger charge is 2.12. The van der Waals surface area contributed by atoms with E-state index in [1.165, 1.54) is 50.2 Å². The van der Waals surface area contributed by atoms with E-state index in [4.69, 9.17) is 9.47 Å². The van der Waals surface area contributed by atoms with Crippen LogP contribution in [-0.4, -0.2) is 19.2 Å². The summed E-state index contributed by atoms with van der Waals surface area (Å²) in [5, 5.41) is 0. The van der Waals surface area contributed by atoms with Gasteiger partial charge in [-0.1, -0.05) is 83.6 Å². The van der Waals surface area contributed by atoms with E-state index in [1.54, 1.807) is 0 Å². The Bertz CT molecular complexity index is 485. The summed E-state index contributed by atoms with van der Waals surface area (Å²) in [5.41, 5.74) is 2.83. The summed E-state index contributed by atoms with van der Waals surface area (Å²) in [6, 6.07) is 8.79. The topological polar surface area (TPSA) is 35.5 Å². The first kappa shape index (κ1) is 22.7. The van der Waals surface area contributed by atoms with Gasteiger partial charge in [0.25, 0.3) is 0 Å². The standard InChI is InChI=1S/C23H38O3/c1-20(24)26-18-12-10-8-6-5-7-9-11-17-25-19-21-13-15-22(16-14-21)23(2,3)4/h13-16H,5-12,17-19H2,1-4H3. The molecule has 0 unspecified atom stereocenters. The Hall–Kier alpha value is -1.35. The third-order valence-electron chi connectivity index (χ3n) is 4.58. The van der Waals surface area contributed by atoms with Crippen LogP contribution in [-0.2, 0) is 26.3 Å². The van der Waals surface area contributed by atoms with Crippen molar-refractivity contribution in [3.8, 4) is 0 Å². The second kappa shape index (κ2) is 12.9. The van der Waals surface area contributed by atoms with Crippen molar-refractivity contribution in [2.75, 3.05) is 13.2 Å². The molecule has 0 spiro atoms. The van der Waals surface area contributed by atoms with Gasteiger partial charge in [-0.3, -0.25) is 4.79 Å². The summed E-state index contributed by atoms with van der Waals surface area (Å²) in [7, 11) is 0. The Morgan fingerprint density at radius 1 is 0.808 bits per heavy atom. The van der Waals surface area contributed by atoms with Gasteiger partial charge in [0, 0.05) is 13.5 Å². The lowest BCUT2D eigenvalue weighted by Gasteiger charge is -2.19. The number of carbonyl (C=O) groups excluding carboxylic acids is 1. The van der Waals surface area contributed by atoms with Gasteiger partial charge in [-0.15, -0.1) is 0 Å². The predicted octanol–water partition coefficient (Wildman–Crippen LogP) is 6.18. The van der Waals surface area contributed by atoms with Crippen molar-refractivity contribution in [3.05, 3.63) is 35.4 Å². The van der Waals surface area contributed by atoms with Gasteiger partial charge in [-0.2, -0.15) is 0 Å². The van der Waals surface area contributed by atoms with Crippen molar-refractivity contribution in [2.24, 2.45) is 0 Å². The second-order valence-corrected chi connectivity index (χ2v) is 8.17. The third-order valence-corrected chi connectivity index (χ3v) is 4.58. The van der Waals surface area contributed by atoms with E-state index < -0.39 is 0 Å². The van der Waals surface area contributed by atoms with E-state index >= 15 is 0 Å². The molecule has 26 heavy (non-hydrogen) atoms. The van der Waals surface area contributed by atoms with Gasteiger partial charge in [0.05, 0.1) is 13.2 Å². The molecule has 1 rings (SSSR count). The lowest BCUT2D eigenvalue weighted by atomic mass is 9.87. The maximum Gasteiger partial charge on any atom is 0.302 e. The van der Waals surface area contributed by atoms with Crippen molar-refractivity contribution in [1.29, 1.82) is 0 Å². The van der Waals surface area contributed by atoms with Crippen LogP contribution in [0, 0.1) is 0 Å². The fourth-order valence-electron chi connectivity index (χ4n) is 2.87. The Morgan fingerprint density at radius 3 is 1.81 bits per heavy atom. The quantitative estimate of drug-likeness (QED) is 0.310. The average Bonchev–Trinajstić information content (AvgIpc) is 2.58. The SMILES string of the molecule is CC(=O)OCCCCCCCCCCOCc1ccc(C(C)(C)C)cc1. The van der Waals surface area contributed by atoms with Crippen LogP contribution in [0.25, 0.3) is 0 Å². The molecule has 0 atom stereocenters. The molecular weight excluding hydrogens is 324 g/mol. The van der Waals surface area contributed by atoms with Crippen molar-refractivity contribution in [2.45, 2.75) is 91.1 Å². The lowest BCUT2D eigenvalue weighted by Crippen LogP contribution is -2.10. The monoisotopic (exact) mass is 362 g/mol. The Labute approximate surface area is 160 Å². The number of ether oxygens (including phenoxy) is 2. The summed E-state index contributed by atoms with van der Waals surface area (Å²) < 4.78 is 10.7. The van der Waals surface area contributed by atoms with Gasteiger partial charge >= 0.3 is 5.97 Å². The minimum atomic E-state index is -0.172. The summed E-state index contributed by atoms with van der Waals surface area (Å²) >= 11 is 0. The maximum atomic E-state index is 10.6. The highest BCUT2D eigenvalue weighted by molar-refractivity contribution is 5.65. The van der Waals surface area contributed by atoms with Crippen molar-refractivity contribution < 1.29 is 14.3 Å². The highest BCUT2D eigenvalue weighted by Crippen LogP contribution is 2.22. The largest absolute Gasteiger partial charge is 0.466 e. The van der Waals surface area contributed by atoms with Crippen molar-refractivity contribution in [3.63, 3.8) is 0 Å². The molecule has 3 nitrogen and oxygen atoms in total. The minimum Gasteiger partial charge on any atom is -0.466 e. The van der Waals surface area contributed by atoms with E-state index in [2.05, 4.69) is 45.0 Å². The molecule has 0 aromatic heterocycles. The summed E-state index contributed by atoms with van der Waals surface area (Å²) in [6.45, 7) is 10.3. The fraction of sp³-hybridized carbons (Fsp3) is 0.696. The first-order valence-electron chi connectivity index (χ1n) is 10.2. The molecule has 0 aliphatic heterocycles. The van der Waals surface area contributed by atoms with Crippen LogP contribution in [0.2, 0.25) is 0 Å². The van der Waals surface area contributed by atoms with Crippen LogP contribution in [0.3, 0.4) is 0 Å². The Balaban J connectivity index is 1.91. The Morgan fingerprint density at radius 2 is 1.31 bits per heavy atom. The first-order chi connectivity index (χ1) is 12.4. The number of carbonyl (C=O) groups is 1. The lowest BCUT2D eigenvalue weighted by molar-refractivity contribution is -0.141. The van der Waals surface area contributed by atoms with Gasteiger partial charge in [-0.25, -0.2) is 0 Å². The Kier molecular flexibility index (Phi) is 11.3. The summed E-state index contributed by atoms with van der Waals surface area (Å²) in [5.74, 6) is -0.172. The van der Waals surface area contributed by atoms with E-state index in [0.717, 1.165) is 25.9 Å². The zero-order chi connectivity index (χ0) is 19.3. The van der Waals surface area contributed by atoms with E-state index in [1.807, 2.05) is 0 Å².